The topological polar surface area (TPSA) is 35.5 Å². The zero-order chi connectivity index (χ0) is 25.1. The molecule has 0 spiro atoms. The largest absolute Gasteiger partial charge is 0.546 e. The Morgan fingerprint density at radius 3 is 1.82 bits per heavy atom. The van der Waals surface area contributed by atoms with E-state index >= 15 is 0 Å². The van der Waals surface area contributed by atoms with Gasteiger partial charge in [0, 0.05) is 0 Å². The fourth-order valence-electron chi connectivity index (χ4n) is 5.90. The monoisotopic (exact) mass is 474 g/mol. The Bertz CT molecular complexity index is 1020. The maximum absolute atomic E-state index is 13.0. The van der Waals surface area contributed by atoms with Crippen LogP contribution in [0.3, 0.4) is 0 Å². The van der Waals surface area contributed by atoms with Gasteiger partial charge in [-0.1, -0.05) is 96.5 Å². The number of fused-ring (bicyclic) bond motifs is 1. The highest BCUT2D eigenvalue weighted by Gasteiger charge is 2.54. The van der Waals surface area contributed by atoms with Gasteiger partial charge >= 0.3 is 5.97 Å². The van der Waals surface area contributed by atoms with Crippen molar-refractivity contribution in [1.29, 1.82) is 0 Å². The first-order chi connectivity index (χ1) is 16.1. The van der Waals surface area contributed by atoms with Crippen molar-refractivity contribution in [3.05, 3.63) is 83.6 Å². The Kier molecular flexibility index (Phi) is 7.78. The van der Waals surface area contributed by atoms with Crippen molar-refractivity contribution in [3.8, 4) is 12.3 Å². The lowest BCUT2D eigenvalue weighted by atomic mass is 9.77. The van der Waals surface area contributed by atoms with E-state index in [9.17, 15) is 4.79 Å². The number of hydrogen-bond acceptors (Lipinski definition) is 3. The van der Waals surface area contributed by atoms with E-state index in [0.29, 0.717) is 40.8 Å². The smallest absolute Gasteiger partial charge is 0.339 e. The van der Waals surface area contributed by atoms with E-state index in [1.807, 2.05) is 30.3 Å². The summed E-state index contributed by atoms with van der Waals surface area (Å²) in [6.45, 7) is 18.0. The average Bonchev–Trinajstić information content (AvgIpc) is 3.21. The summed E-state index contributed by atoms with van der Waals surface area (Å²) in [5.74, 6) is 3.04. The third kappa shape index (κ3) is 4.59. The zero-order valence-electron chi connectivity index (χ0n) is 21.4. The second kappa shape index (κ2) is 10.2. The number of benzene rings is 2. The quantitative estimate of drug-likeness (QED) is 0.165. The minimum absolute atomic E-state index is 0.390. The summed E-state index contributed by atoms with van der Waals surface area (Å²) in [6.07, 6.45) is 6.55. The van der Waals surface area contributed by atoms with Crippen molar-refractivity contribution in [2.75, 3.05) is 0 Å². The average molecular weight is 475 g/mol. The highest BCUT2D eigenvalue weighted by Crippen LogP contribution is 2.51. The van der Waals surface area contributed by atoms with Crippen LogP contribution in [0.15, 0.2) is 66.9 Å². The van der Waals surface area contributed by atoms with Gasteiger partial charge in [-0.3, -0.25) is 0 Å². The normalized spacial score (nSPS) is 15.6. The first-order valence-corrected chi connectivity index (χ1v) is 14.4. The summed E-state index contributed by atoms with van der Waals surface area (Å²) < 4.78 is 13.1. The van der Waals surface area contributed by atoms with Gasteiger partial charge in [-0.25, -0.2) is 4.79 Å². The number of esters is 1. The van der Waals surface area contributed by atoms with Gasteiger partial charge in [0.2, 0.25) is 0 Å². The standard InChI is InChI=1S/C30H38O3Si/c1-9-28(32-29(31)25-15-11-10-12-16-25)30(19-26-17-13-14-18-27(26)20-30)24(8)33-34(21(2)3,22(4)5)23(6)7/h1,10-18,21-23,28H,8,19-20H2,2-7H3. The van der Waals surface area contributed by atoms with Crippen LogP contribution in [0.25, 0.3) is 0 Å². The summed E-state index contributed by atoms with van der Waals surface area (Å²) in [6, 6.07) is 17.3. The number of terminal acetylenes is 1. The summed E-state index contributed by atoms with van der Waals surface area (Å²) in [5.41, 5.74) is 3.35. The molecule has 0 saturated carbocycles. The summed E-state index contributed by atoms with van der Waals surface area (Å²) in [7, 11) is -2.28. The predicted octanol–water partition coefficient (Wildman–Crippen LogP) is 7.34. The van der Waals surface area contributed by atoms with Crippen LogP contribution >= 0.6 is 0 Å². The van der Waals surface area contributed by atoms with Crippen molar-refractivity contribution >= 4 is 14.3 Å². The van der Waals surface area contributed by atoms with Gasteiger partial charge in [0.1, 0.15) is 0 Å². The highest BCUT2D eigenvalue weighted by atomic mass is 28.4. The molecule has 180 valence electrons. The number of rotatable bonds is 9. The van der Waals surface area contributed by atoms with E-state index in [4.69, 9.17) is 15.6 Å². The summed E-state index contributed by atoms with van der Waals surface area (Å²) >= 11 is 0. The van der Waals surface area contributed by atoms with Crippen molar-refractivity contribution in [3.63, 3.8) is 0 Å². The van der Waals surface area contributed by atoms with Gasteiger partial charge in [0.25, 0.3) is 8.32 Å². The second-order valence-electron chi connectivity index (χ2n) is 10.4. The van der Waals surface area contributed by atoms with Gasteiger partial charge in [0.05, 0.1) is 16.7 Å². The Morgan fingerprint density at radius 2 is 1.38 bits per heavy atom. The Labute approximate surface area is 206 Å². The minimum Gasteiger partial charge on any atom is -0.546 e. The molecule has 0 radical (unpaired) electrons. The molecule has 3 rings (SSSR count). The van der Waals surface area contributed by atoms with E-state index in [1.54, 1.807) is 12.1 Å². The molecule has 1 unspecified atom stereocenters. The third-order valence-corrected chi connectivity index (χ3v) is 13.6. The number of carbonyl (C=O) groups is 1. The molecule has 4 heteroatoms. The van der Waals surface area contributed by atoms with E-state index in [1.165, 1.54) is 11.1 Å². The van der Waals surface area contributed by atoms with E-state index in [-0.39, 0.29) is 0 Å². The maximum atomic E-state index is 13.0. The molecule has 1 aliphatic rings. The van der Waals surface area contributed by atoms with E-state index in [2.05, 4.69) is 66.2 Å². The van der Waals surface area contributed by atoms with Crippen molar-refractivity contribution in [2.24, 2.45) is 5.41 Å². The van der Waals surface area contributed by atoms with Gasteiger partial charge in [-0.15, -0.1) is 6.42 Å². The number of hydrogen-bond donors (Lipinski definition) is 0. The maximum Gasteiger partial charge on any atom is 0.339 e. The van der Waals surface area contributed by atoms with Crippen LogP contribution in [0.1, 0.15) is 63.0 Å². The molecule has 0 aliphatic heterocycles. The van der Waals surface area contributed by atoms with Crippen LogP contribution in [0.2, 0.25) is 16.6 Å². The molecule has 0 amide bonds. The molecule has 0 aromatic heterocycles. The number of carbonyl (C=O) groups excluding carboxylic acids is 1. The highest BCUT2D eigenvalue weighted by molar-refractivity contribution is 6.77. The lowest BCUT2D eigenvalue weighted by Crippen LogP contribution is -2.51. The van der Waals surface area contributed by atoms with Gasteiger partial charge in [0.15, 0.2) is 6.10 Å². The zero-order valence-corrected chi connectivity index (χ0v) is 22.4. The van der Waals surface area contributed by atoms with E-state index in [0.717, 1.165) is 0 Å². The molecule has 1 atom stereocenters. The fraction of sp³-hybridized carbons (Fsp3) is 0.433. The SMILES string of the molecule is C#CC(OC(=O)c1ccccc1)C1(C(=C)O[Si](C(C)C)(C(C)C)C(C)C)Cc2ccccc2C1. The first-order valence-electron chi connectivity index (χ1n) is 12.3. The van der Waals surface area contributed by atoms with Gasteiger partial charge in [-0.2, -0.15) is 0 Å². The summed E-state index contributed by atoms with van der Waals surface area (Å²) in [5, 5.41) is 0. The molecule has 0 bridgehead atoms. The molecular weight excluding hydrogens is 436 g/mol. The Hall–Kier alpha value is -2.77. The third-order valence-electron chi connectivity index (χ3n) is 7.58. The van der Waals surface area contributed by atoms with Crippen LogP contribution in [0.4, 0.5) is 0 Å². The minimum atomic E-state index is -2.28. The van der Waals surface area contributed by atoms with Crippen LogP contribution in [0, 0.1) is 17.8 Å². The van der Waals surface area contributed by atoms with E-state index < -0.39 is 25.8 Å². The van der Waals surface area contributed by atoms with Crippen molar-refractivity contribution in [2.45, 2.75) is 77.1 Å². The Balaban J connectivity index is 2.04. The summed E-state index contributed by atoms with van der Waals surface area (Å²) in [4.78, 5) is 13.0. The van der Waals surface area contributed by atoms with Crippen LogP contribution in [0.5, 0.6) is 0 Å². The lowest BCUT2D eigenvalue weighted by Gasteiger charge is -2.46. The van der Waals surface area contributed by atoms with Gasteiger partial charge in [-0.05, 0) is 52.7 Å². The van der Waals surface area contributed by atoms with Crippen LogP contribution in [-0.2, 0) is 22.0 Å². The molecular formula is C30H38O3Si. The molecule has 0 N–H and O–H groups in total. The molecule has 2 aromatic rings. The van der Waals surface area contributed by atoms with Crippen LogP contribution < -0.4 is 0 Å². The molecule has 0 fully saturated rings. The van der Waals surface area contributed by atoms with Crippen molar-refractivity contribution < 1.29 is 14.0 Å². The lowest BCUT2D eigenvalue weighted by molar-refractivity contribution is 0.00725. The molecule has 0 saturated heterocycles. The fourth-order valence-corrected chi connectivity index (χ4v) is 11.2. The molecule has 3 nitrogen and oxygen atoms in total. The first kappa shape index (κ1) is 25.8. The molecule has 1 aliphatic carbocycles. The van der Waals surface area contributed by atoms with Crippen LogP contribution in [-0.4, -0.2) is 20.4 Å². The van der Waals surface area contributed by atoms with Gasteiger partial charge < -0.3 is 9.16 Å². The molecule has 0 heterocycles. The predicted molar refractivity (Wildman–Crippen MR) is 142 cm³/mol. The molecule has 34 heavy (non-hydrogen) atoms. The molecule has 2 aromatic carbocycles. The Morgan fingerprint density at radius 1 is 0.912 bits per heavy atom. The van der Waals surface area contributed by atoms with Crippen molar-refractivity contribution in [1.82, 2.24) is 0 Å². The second-order valence-corrected chi connectivity index (χ2v) is 15.8. The number of ether oxygens (including phenoxy) is 1.